The Kier molecular flexibility index (Phi) is 6.45. The van der Waals surface area contributed by atoms with Gasteiger partial charge >= 0.3 is 0 Å². The molecule has 3 rings (SSSR count). The zero-order valence-corrected chi connectivity index (χ0v) is 16.3. The van der Waals surface area contributed by atoms with E-state index in [4.69, 9.17) is 23.2 Å². The number of anilines is 1. The van der Waals surface area contributed by atoms with E-state index in [9.17, 15) is 4.79 Å². The van der Waals surface area contributed by atoms with E-state index < -0.39 is 0 Å². The number of aromatic nitrogens is 1. The molecule has 0 radical (unpaired) electrons. The van der Waals surface area contributed by atoms with Crippen LogP contribution in [0.3, 0.4) is 0 Å². The van der Waals surface area contributed by atoms with E-state index in [2.05, 4.69) is 39.9 Å². The molecule has 138 valence electrons. The highest BCUT2D eigenvalue weighted by Gasteiger charge is 2.15. The molecular formula is C21H19Cl2N3O. The molecule has 0 aliphatic heterocycles. The lowest BCUT2D eigenvalue weighted by Gasteiger charge is -2.20. The third-order valence-electron chi connectivity index (χ3n) is 4.08. The first-order valence-electron chi connectivity index (χ1n) is 8.49. The summed E-state index contributed by atoms with van der Waals surface area (Å²) in [6.07, 6.45) is 1.44. The van der Waals surface area contributed by atoms with Crippen molar-refractivity contribution in [2.45, 2.75) is 13.0 Å². The van der Waals surface area contributed by atoms with Crippen LogP contribution in [0, 0.1) is 6.92 Å². The lowest BCUT2D eigenvalue weighted by atomic mass is 9.98. The second-order valence-electron chi connectivity index (χ2n) is 6.17. The lowest BCUT2D eigenvalue weighted by Crippen LogP contribution is -2.32. The molecule has 0 saturated carbocycles. The van der Waals surface area contributed by atoms with Crippen LogP contribution in [0.25, 0.3) is 0 Å². The maximum absolute atomic E-state index is 12.4. The molecule has 2 N–H and O–H groups in total. The van der Waals surface area contributed by atoms with E-state index in [0.29, 0.717) is 15.9 Å². The van der Waals surface area contributed by atoms with Crippen molar-refractivity contribution in [3.05, 3.63) is 93.6 Å². The standard InChI is InChI=1S/C21H19Cl2N3O/c1-14-7-9-16(10-8-14)20(15-5-3-2-4-6-15)24-13-19(27)26-21-18(23)11-17(22)12-25-21/h2-12,20,24H,13H2,1H3,(H,25,26,27)/t20-/m1/s1. The first-order valence-corrected chi connectivity index (χ1v) is 9.24. The third kappa shape index (κ3) is 5.30. The highest BCUT2D eigenvalue weighted by molar-refractivity contribution is 6.36. The first kappa shape index (κ1) is 19.4. The molecule has 27 heavy (non-hydrogen) atoms. The molecular weight excluding hydrogens is 381 g/mol. The van der Waals surface area contributed by atoms with E-state index in [0.717, 1.165) is 11.1 Å². The number of carbonyl (C=O) groups is 1. The van der Waals surface area contributed by atoms with Crippen molar-refractivity contribution in [1.29, 1.82) is 0 Å². The van der Waals surface area contributed by atoms with Gasteiger partial charge in [0.05, 0.1) is 22.6 Å². The van der Waals surface area contributed by atoms with Crippen LogP contribution in [0.2, 0.25) is 10.0 Å². The van der Waals surface area contributed by atoms with Gasteiger partial charge in [-0.25, -0.2) is 4.98 Å². The fraction of sp³-hybridized carbons (Fsp3) is 0.143. The number of halogens is 2. The number of nitrogens with zero attached hydrogens (tertiary/aromatic N) is 1. The smallest absolute Gasteiger partial charge is 0.239 e. The Morgan fingerprint density at radius 3 is 2.37 bits per heavy atom. The van der Waals surface area contributed by atoms with Crippen LogP contribution >= 0.6 is 23.2 Å². The minimum Gasteiger partial charge on any atom is -0.308 e. The van der Waals surface area contributed by atoms with Crippen molar-refractivity contribution >= 4 is 34.9 Å². The Labute approximate surface area is 168 Å². The number of hydrogen-bond donors (Lipinski definition) is 2. The van der Waals surface area contributed by atoms with Gasteiger partial charge in [0.1, 0.15) is 0 Å². The number of aryl methyl sites for hydroxylation is 1. The maximum Gasteiger partial charge on any atom is 0.239 e. The van der Waals surface area contributed by atoms with Crippen molar-refractivity contribution in [2.75, 3.05) is 11.9 Å². The average Bonchev–Trinajstić information content (AvgIpc) is 2.66. The number of carbonyl (C=O) groups excluding carboxylic acids is 1. The number of pyridine rings is 1. The summed E-state index contributed by atoms with van der Waals surface area (Å²) in [4.78, 5) is 16.4. The summed E-state index contributed by atoms with van der Waals surface area (Å²) in [6, 6.07) is 19.7. The summed E-state index contributed by atoms with van der Waals surface area (Å²) in [5.74, 6) is 0.0548. The molecule has 1 amide bonds. The molecule has 1 atom stereocenters. The van der Waals surface area contributed by atoms with Gasteiger partial charge in [-0.3, -0.25) is 10.1 Å². The zero-order valence-electron chi connectivity index (χ0n) is 14.7. The van der Waals surface area contributed by atoms with Crippen LogP contribution in [-0.2, 0) is 4.79 Å². The van der Waals surface area contributed by atoms with Gasteiger partial charge in [-0.2, -0.15) is 0 Å². The Hall–Kier alpha value is -2.40. The summed E-state index contributed by atoms with van der Waals surface area (Å²) in [7, 11) is 0. The second kappa shape index (κ2) is 9.00. The van der Waals surface area contributed by atoms with E-state index in [1.807, 2.05) is 37.3 Å². The number of rotatable bonds is 6. The number of nitrogens with one attached hydrogen (secondary N) is 2. The van der Waals surface area contributed by atoms with Crippen molar-refractivity contribution in [3.63, 3.8) is 0 Å². The molecule has 0 spiro atoms. The summed E-state index contributed by atoms with van der Waals surface area (Å²) in [5, 5.41) is 6.73. The Balaban J connectivity index is 1.72. The summed E-state index contributed by atoms with van der Waals surface area (Å²) in [6.45, 7) is 2.15. The minimum atomic E-state index is -0.236. The van der Waals surface area contributed by atoms with Crippen LogP contribution in [0.1, 0.15) is 22.7 Å². The summed E-state index contributed by atoms with van der Waals surface area (Å²) < 4.78 is 0. The van der Waals surface area contributed by atoms with Crippen LogP contribution in [0.5, 0.6) is 0 Å². The summed E-state index contributed by atoms with van der Waals surface area (Å²) >= 11 is 11.9. The topological polar surface area (TPSA) is 54.0 Å². The van der Waals surface area contributed by atoms with Crippen LogP contribution in [0.15, 0.2) is 66.9 Å². The van der Waals surface area contributed by atoms with E-state index >= 15 is 0 Å². The van der Waals surface area contributed by atoms with Gasteiger partial charge in [0, 0.05) is 6.20 Å². The SMILES string of the molecule is Cc1ccc([C@H](NCC(=O)Nc2ncc(Cl)cc2Cl)c2ccccc2)cc1. The third-order valence-corrected chi connectivity index (χ3v) is 4.57. The molecule has 6 heteroatoms. The largest absolute Gasteiger partial charge is 0.308 e. The molecule has 1 aromatic heterocycles. The molecule has 0 aliphatic carbocycles. The number of amides is 1. The average molecular weight is 400 g/mol. The van der Waals surface area contributed by atoms with E-state index in [1.54, 1.807) is 0 Å². The fourth-order valence-corrected chi connectivity index (χ4v) is 3.14. The molecule has 0 unspecified atom stereocenters. The first-order chi connectivity index (χ1) is 13.0. The van der Waals surface area contributed by atoms with Gasteiger partial charge in [-0.15, -0.1) is 0 Å². The van der Waals surface area contributed by atoms with Gasteiger partial charge in [0.25, 0.3) is 0 Å². The molecule has 4 nitrogen and oxygen atoms in total. The normalized spacial score (nSPS) is 11.8. The molecule has 0 saturated heterocycles. The Morgan fingerprint density at radius 2 is 1.70 bits per heavy atom. The van der Waals surface area contributed by atoms with Crippen molar-refractivity contribution in [2.24, 2.45) is 0 Å². The number of benzene rings is 2. The molecule has 1 heterocycles. The van der Waals surface area contributed by atoms with Crippen LogP contribution in [0.4, 0.5) is 5.82 Å². The molecule has 0 aliphatic rings. The van der Waals surface area contributed by atoms with E-state index in [-0.39, 0.29) is 18.5 Å². The Bertz CT molecular complexity index is 914. The number of hydrogen-bond acceptors (Lipinski definition) is 3. The monoisotopic (exact) mass is 399 g/mol. The van der Waals surface area contributed by atoms with Crippen molar-refractivity contribution < 1.29 is 4.79 Å². The predicted molar refractivity (Wildman–Crippen MR) is 110 cm³/mol. The van der Waals surface area contributed by atoms with Gasteiger partial charge < -0.3 is 5.32 Å². The lowest BCUT2D eigenvalue weighted by molar-refractivity contribution is -0.115. The van der Waals surface area contributed by atoms with Crippen molar-refractivity contribution in [1.82, 2.24) is 10.3 Å². The second-order valence-corrected chi connectivity index (χ2v) is 7.01. The van der Waals surface area contributed by atoms with Crippen molar-refractivity contribution in [3.8, 4) is 0 Å². The molecule has 0 bridgehead atoms. The molecule has 2 aromatic carbocycles. The van der Waals surface area contributed by atoms with Gasteiger partial charge in [0.15, 0.2) is 5.82 Å². The van der Waals surface area contributed by atoms with Gasteiger partial charge in [0.2, 0.25) is 5.91 Å². The quantitative estimate of drug-likeness (QED) is 0.611. The van der Waals surface area contributed by atoms with Crippen LogP contribution in [-0.4, -0.2) is 17.4 Å². The van der Waals surface area contributed by atoms with Gasteiger partial charge in [-0.1, -0.05) is 83.4 Å². The summed E-state index contributed by atoms with van der Waals surface area (Å²) in [5.41, 5.74) is 3.35. The fourth-order valence-electron chi connectivity index (χ4n) is 2.71. The van der Waals surface area contributed by atoms with E-state index in [1.165, 1.54) is 17.8 Å². The maximum atomic E-state index is 12.4. The van der Waals surface area contributed by atoms with Crippen LogP contribution < -0.4 is 10.6 Å². The molecule has 0 fully saturated rings. The Morgan fingerprint density at radius 1 is 1.04 bits per heavy atom. The molecule has 3 aromatic rings. The van der Waals surface area contributed by atoms with Gasteiger partial charge in [-0.05, 0) is 24.1 Å². The highest BCUT2D eigenvalue weighted by Crippen LogP contribution is 2.24. The predicted octanol–water partition coefficient (Wildman–Crippen LogP) is 5.01. The zero-order chi connectivity index (χ0) is 19.2. The minimum absolute atomic E-state index is 0.105. The highest BCUT2D eigenvalue weighted by atomic mass is 35.5.